The lowest BCUT2D eigenvalue weighted by Crippen LogP contribution is -2.31. The molecule has 4 rings (SSSR count). The lowest BCUT2D eigenvalue weighted by molar-refractivity contribution is -0.127. The number of hydrogen-bond acceptors (Lipinski definition) is 3. The van der Waals surface area contributed by atoms with Crippen LogP contribution in [-0.2, 0) is 21.4 Å². The number of benzene rings is 2. The molecule has 2 fully saturated rings. The van der Waals surface area contributed by atoms with Gasteiger partial charge in [-0.05, 0) is 61.9 Å². The van der Waals surface area contributed by atoms with Gasteiger partial charge in [-0.3, -0.25) is 4.79 Å². The summed E-state index contributed by atoms with van der Waals surface area (Å²) >= 11 is 0. The molecule has 2 aromatic carbocycles. The van der Waals surface area contributed by atoms with Crippen LogP contribution in [0.4, 0.5) is 0 Å². The van der Waals surface area contributed by atoms with Crippen molar-refractivity contribution in [3.8, 4) is 0 Å². The van der Waals surface area contributed by atoms with Crippen LogP contribution in [0.1, 0.15) is 42.4 Å². The number of carbonyl (C=O) groups excluding carboxylic acids is 1. The van der Waals surface area contributed by atoms with Gasteiger partial charge in [-0.25, -0.2) is 13.1 Å². The number of nitrogens with one attached hydrogen (secondary N) is 1. The first-order valence-electron chi connectivity index (χ1n) is 10.1. The molecule has 2 aliphatic rings. The maximum absolute atomic E-state index is 12.8. The molecule has 152 valence electrons. The lowest BCUT2D eigenvalue weighted by atomic mass is 10.1. The van der Waals surface area contributed by atoms with Gasteiger partial charge in [-0.2, -0.15) is 0 Å². The third-order valence-corrected chi connectivity index (χ3v) is 6.79. The van der Waals surface area contributed by atoms with E-state index in [-0.39, 0.29) is 16.8 Å². The highest BCUT2D eigenvalue weighted by Gasteiger charge is 2.31. The van der Waals surface area contributed by atoms with Crippen molar-refractivity contribution in [1.82, 2.24) is 9.62 Å². The minimum Gasteiger partial charge on any atom is -0.332 e. The van der Waals surface area contributed by atoms with Crippen LogP contribution in [-0.4, -0.2) is 31.3 Å². The summed E-state index contributed by atoms with van der Waals surface area (Å²) in [5.41, 5.74) is 3.13. The Morgan fingerprint density at radius 2 is 1.69 bits per heavy atom. The van der Waals surface area contributed by atoms with E-state index < -0.39 is 10.0 Å². The average molecular weight is 411 g/mol. The highest BCUT2D eigenvalue weighted by atomic mass is 32.2. The van der Waals surface area contributed by atoms with Crippen LogP contribution in [0.25, 0.3) is 6.08 Å². The Bertz CT molecular complexity index is 1000. The van der Waals surface area contributed by atoms with Crippen molar-refractivity contribution < 1.29 is 13.2 Å². The van der Waals surface area contributed by atoms with Gasteiger partial charge in [0.25, 0.3) is 0 Å². The summed E-state index contributed by atoms with van der Waals surface area (Å²) in [6.45, 7) is 2.66. The fourth-order valence-electron chi connectivity index (χ4n) is 3.17. The van der Waals surface area contributed by atoms with Crippen LogP contribution in [0, 0.1) is 6.92 Å². The van der Waals surface area contributed by atoms with Gasteiger partial charge in [0, 0.05) is 24.7 Å². The van der Waals surface area contributed by atoms with Crippen molar-refractivity contribution in [1.29, 1.82) is 0 Å². The van der Waals surface area contributed by atoms with Crippen molar-refractivity contribution in [2.45, 2.75) is 56.1 Å². The molecule has 1 N–H and O–H groups in total. The molecule has 0 unspecified atom stereocenters. The van der Waals surface area contributed by atoms with E-state index in [2.05, 4.69) is 35.9 Å². The van der Waals surface area contributed by atoms with Gasteiger partial charge in [0.05, 0.1) is 4.90 Å². The first kappa shape index (κ1) is 19.9. The molecule has 0 aliphatic heterocycles. The molecule has 0 bridgehead atoms. The highest BCUT2D eigenvalue weighted by molar-refractivity contribution is 7.89. The first-order chi connectivity index (χ1) is 13.9. The summed E-state index contributed by atoms with van der Waals surface area (Å²) in [6, 6.07) is 15.3. The zero-order valence-corrected chi connectivity index (χ0v) is 17.4. The number of rotatable bonds is 8. The SMILES string of the molecule is Cc1ccc(CN(C(=O)/C=C/c2ccc(S(=O)(=O)NC3CC3)cc2)C2CC2)cc1. The minimum absolute atomic E-state index is 0.0137. The molecule has 2 aliphatic carbocycles. The van der Waals surface area contributed by atoms with Crippen LogP contribution in [0.5, 0.6) is 0 Å². The molecule has 6 heteroatoms. The quantitative estimate of drug-likeness (QED) is 0.676. The zero-order valence-electron chi connectivity index (χ0n) is 16.5. The molecule has 2 saturated carbocycles. The Hall–Kier alpha value is -2.44. The zero-order chi connectivity index (χ0) is 20.4. The molecule has 5 nitrogen and oxygen atoms in total. The normalized spacial score (nSPS) is 16.9. The van der Waals surface area contributed by atoms with Gasteiger partial charge in [-0.15, -0.1) is 0 Å². The van der Waals surface area contributed by atoms with Gasteiger partial charge in [0.2, 0.25) is 15.9 Å². The maximum Gasteiger partial charge on any atom is 0.247 e. The number of hydrogen-bond donors (Lipinski definition) is 1. The van der Waals surface area contributed by atoms with E-state index in [1.807, 2.05) is 4.90 Å². The summed E-state index contributed by atoms with van der Waals surface area (Å²) in [6.07, 6.45) is 7.23. The van der Waals surface area contributed by atoms with Gasteiger partial charge in [0.1, 0.15) is 0 Å². The molecule has 0 spiro atoms. The van der Waals surface area contributed by atoms with E-state index in [1.165, 1.54) is 5.56 Å². The maximum atomic E-state index is 12.8. The van der Waals surface area contributed by atoms with Gasteiger partial charge in [-0.1, -0.05) is 42.0 Å². The largest absolute Gasteiger partial charge is 0.332 e. The summed E-state index contributed by atoms with van der Waals surface area (Å²) in [7, 11) is -3.45. The topological polar surface area (TPSA) is 66.5 Å². The monoisotopic (exact) mass is 410 g/mol. The fraction of sp³-hybridized carbons (Fsp3) is 0.348. The Morgan fingerprint density at radius 3 is 2.28 bits per heavy atom. The number of nitrogens with zero attached hydrogens (tertiary/aromatic N) is 1. The molecule has 29 heavy (non-hydrogen) atoms. The Kier molecular flexibility index (Phi) is 5.56. The Labute approximate surface area is 172 Å². The highest BCUT2D eigenvalue weighted by Crippen LogP contribution is 2.29. The van der Waals surface area contributed by atoms with Crippen molar-refractivity contribution >= 4 is 22.0 Å². The first-order valence-corrected chi connectivity index (χ1v) is 11.6. The van der Waals surface area contributed by atoms with Crippen molar-refractivity contribution in [2.24, 2.45) is 0 Å². The summed E-state index contributed by atoms with van der Waals surface area (Å²) in [5, 5.41) is 0. The van der Waals surface area contributed by atoms with Crippen LogP contribution in [0.2, 0.25) is 0 Å². The molecule has 2 aromatic rings. The average Bonchev–Trinajstić information content (AvgIpc) is 3.61. The number of aryl methyl sites for hydroxylation is 1. The predicted octanol–water partition coefficient (Wildman–Crippen LogP) is 3.64. The number of sulfonamides is 1. The van der Waals surface area contributed by atoms with Crippen molar-refractivity contribution in [3.63, 3.8) is 0 Å². The Morgan fingerprint density at radius 1 is 1.03 bits per heavy atom. The van der Waals surface area contributed by atoms with E-state index in [9.17, 15) is 13.2 Å². The second-order valence-corrected chi connectivity index (χ2v) is 9.69. The minimum atomic E-state index is -3.45. The smallest absolute Gasteiger partial charge is 0.247 e. The molecule has 0 aromatic heterocycles. The van der Waals surface area contributed by atoms with Crippen molar-refractivity contribution in [2.75, 3.05) is 0 Å². The molecular formula is C23H26N2O3S. The third-order valence-electron chi connectivity index (χ3n) is 5.25. The summed E-state index contributed by atoms with van der Waals surface area (Å²) in [4.78, 5) is 14.9. The number of carbonyl (C=O) groups is 1. The molecule has 0 radical (unpaired) electrons. The standard InChI is InChI=1S/C23H26N2O3S/c1-17-2-4-19(5-3-17)16-25(21-11-12-21)23(26)15-8-18-6-13-22(14-7-18)29(27,28)24-20-9-10-20/h2-8,13-15,20-21,24H,9-12,16H2,1H3/b15-8+. The predicted molar refractivity (Wildman–Crippen MR) is 114 cm³/mol. The Balaban J connectivity index is 1.41. The van der Waals surface area contributed by atoms with Gasteiger partial charge >= 0.3 is 0 Å². The van der Waals surface area contributed by atoms with Gasteiger partial charge in [0.15, 0.2) is 0 Å². The van der Waals surface area contributed by atoms with Gasteiger partial charge < -0.3 is 4.90 Å². The molecule has 0 atom stereocenters. The molecule has 0 saturated heterocycles. The second-order valence-electron chi connectivity index (χ2n) is 7.98. The fourth-order valence-corrected chi connectivity index (χ4v) is 4.48. The van der Waals surface area contributed by atoms with Crippen LogP contribution in [0.15, 0.2) is 59.5 Å². The van der Waals surface area contributed by atoms with E-state index in [1.54, 1.807) is 36.4 Å². The van der Waals surface area contributed by atoms with Crippen molar-refractivity contribution in [3.05, 3.63) is 71.3 Å². The third kappa shape index (κ3) is 5.34. The molecular weight excluding hydrogens is 384 g/mol. The second kappa shape index (κ2) is 8.13. The van der Waals surface area contributed by atoms with E-state index in [4.69, 9.17) is 0 Å². The van der Waals surface area contributed by atoms with Crippen LogP contribution in [0.3, 0.4) is 0 Å². The lowest BCUT2D eigenvalue weighted by Gasteiger charge is -2.21. The molecule has 1 amide bonds. The van der Waals surface area contributed by atoms with E-state index in [0.29, 0.717) is 12.6 Å². The van der Waals surface area contributed by atoms with Crippen LogP contribution >= 0.6 is 0 Å². The summed E-state index contributed by atoms with van der Waals surface area (Å²) < 4.78 is 27.1. The molecule has 0 heterocycles. The number of amides is 1. The van der Waals surface area contributed by atoms with Crippen LogP contribution < -0.4 is 4.72 Å². The summed E-state index contributed by atoms with van der Waals surface area (Å²) in [5.74, 6) is -0.0137. The van der Waals surface area contributed by atoms with E-state index in [0.717, 1.165) is 36.8 Å². The van der Waals surface area contributed by atoms with E-state index >= 15 is 0 Å².